The molecule has 0 radical (unpaired) electrons. The van der Waals surface area contributed by atoms with Crippen molar-refractivity contribution in [1.82, 2.24) is 5.32 Å². The van der Waals surface area contributed by atoms with Gasteiger partial charge < -0.3 is 10.6 Å². The Morgan fingerprint density at radius 2 is 1.65 bits per heavy atom. The van der Waals surface area contributed by atoms with E-state index in [0.29, 0.717) is 0 Å². The Morgan fingerprint density at radius 3 is 2.26 bits per heavy atom. The van der Waals surface area contributed by atoms with Crippen LogP contribution in [0.4, 0.5) is 23.7 Å². The van der Waals surface area contributed by atoms with Crippen LogP contribution in [0.15, 0.2) is 24.3 Å². The maximum atomic E-state index is 13.9. The van der Waals surface area contributed by atoms with E-state index in [9.17, 15) is 18.0 Å². The van der Waals surface area contributed by atoms with Crippen LogP contribution in [0.3, 0.4) is 0 Å². The second-order valence-corrected chi connectivity index (χ2v) is 5.54. The molecule has 2 amide bonds. The van der Waals surface area contributed by atoms with Gasteiger partial charge in [0.15, 0.2) is 5.82 Å². The maximum Gasteiger partial charge on any atom is 0.319 e. The van der Waals surface area contributed by atoms with Gasteiger partial charge in [-0.25, -0.2) is 18.0 Å². The molecule has 0 spiro atoms. The van der Waals surface area contributed by atoms with Crippen molar-refractivity contribution in [3.05, 3.63) is 62.3 Å². The molecular weight excluding hydrogens is 376 g/mol. The summed E-state index contributed by atoms with van der Waals surface area (Å²) in [5.41, 5.74) is -0.769. The number of amides is 2. The summed E-state index contributed by atoms with van der Waals surface area (Å²) in [6, 6.07) is 3.43. The summed E-state index contributed by atoms with van der Waals surface area (Å²) >= 11 is 17.1. The van der Waals surface area contributed by atoms with Crippen molar-refractivity contribution in [2.45, 2.75) is 6.54 Å². The van der Waals surface area contributed by atoms with Crippen LogP contribution in [0, 0.1) is 17.5 Å². The predicted molar refractivity (Wildman–Crippen MR) is 83.6 cm³/mol. The Hall–Kier alpha value is -1.63. The smallest absolute Gasteiger partial charge is 0.319 e. The minimum absolute atomic E-state index is 0.0616. The molecule has 0 aliphatic heterocycles. The molecule has 0 bridgehead atoms. The molecule has 0 fully saturated rings. The molecule has 2 aromatic carbocycles. The summed E-state index contributed by atoms with van der Waals surface area (Å²) in [6.07, 6.45) is 0. The topological polar surface area (TPSA) is 41.1 Å². The Labute approximate surface area is 144 Å². The lowest BCUT2D eigenvalue weighted by atomic mass is 10.2. The van der Waals surface area contributed by atoms with E-state index < -0.39 is 35.7 Å². The highest BCUT2D eigenvalue weighted by Gasteiger charge is 2.18. The van der Waals surface area contributed by atoms with Gasteiger partial charge in [0.2, 0.25) is 0 Å². The summed E-state index contributed by atoms with van der Waals surface area (Å²) in [6.45, 7) is -0.447. The van der Waals surface area contributed by atoms with E-state index in [2.05, 4.69) is 10.6 Å². The van der Waals surface area contributed by atoms with Gasteiger partial charge in [0.05, 0.1) is 21.6 Å². The Bertz CT molecular complexity index is 725. The normalized spacial score (nSPS) is 10.5. The van der Waals surface area contributed by atoms with Gasteiger partial charge in [-0.2, -0.15) is 0 Å². The molecule has 3 nitrogen and oxygen atoms in total. The first kappa shape index (κ1) is 17.7. The minimum atomic E-state index is -0.978. The summed E-state index contributed by atoms with van der Waals surface area (Å²) in [5, 5.41) is 3.63. The SMILES string of the molecule is O=C(NCc1c(F)cccc1F)Nc1c(F)c(Cl)cc(Cl)c1Cl. The van der Waals surface area contributed by atoms with Gasteiger partial charge in [-0.05, 0) is 18.2 Å². The first-order chi connectivity index (χ1) is 10.8. The molecular formula is C14H8Cl3F3N2O. The molecule has 0 saturated heterocycles. The van der Waals surface area contributed by atoms with Crippen LogP contribution in [0.25, 0.3) is 0 Å². The fourth-order valence-electron chi connectivity index (χ4n) is 1.71. The number of carbonyl (C=O) groups is 1. The van der Waals surface area contributed by atoms with Crippen molar-refractivity contribution >= 4 is 46.5 Å². The van der Waals surface area contributed by atoms with E-state index in [-0.39, 0.29) is 20.6 Å². The van der Waals surface area contributed by atoms with Gasteiger partial charge in [0, 0.05) is 5.56 Å². The molecule has 0 unspecified atom stereocenters. The van der Waals surface area contributed by atoms with E-state index >= 15 is 0 Å². The summed E-state index contributed by atoms with van der Waals surface area (Å²) in [4.78, 5) is 11.8. The van der Waals surface area contributed by atoms with E-state index in [1.54, 1.807) is 0 Å². The summed E-state index contributed by atoms with van der Waals surface area (Å²) in [5.74, 6) is -2.62. The van der Waals surface area contributed by atoms with Gasteiger partial charge in [-0.15, -0.1) is 0 Å². The number of benzene rings is 2. The van der Waals surface area contributed by atoms with E-state index in [0.717, 1.165) is 18.2 Å². The molecule has 2 N–H and O–H groups in total. The highest BCUT2D eigenvalue weighted by atomic mass is 35.5. The Balaban J connectivity index is 2.12. The number of carbonyl (C=O) groups excluding carboxylic acids is 1. The Kier molecular flexibility index (Phi) is 5.62. The molecule has 23 heavy (non-hydrogen) atoms. The molecule has 2 aromatic rings. The van der Waals surface area contributed by atoms with Crippen LogP contribution in [0.1, 0.15) is 5.56 Å². The van der Waals surface area contributed by atoms with Crippen molar-refractivity contribution in [3.8, 4) is 0 Å². The highest BCUT2D eigenvalue weighted by Crippen LogP contribution is 2.36. The van der Waals surface area contributed by atoms with Crippen LogP contribution in [0.5, 0.6) is 0 Å². The number of anilines is 1. The zero-order chi connectivity index (χ0) is 17.1. The molecule has 0 aromatic heterocycles. The monoisotopic (exact) mass is 382 g/mol. The van der Waals surface area contributed by atoms with Gasteiger partial charge >= 0.3 is 6.03 Å². The van der Waals surface area contributed by atoms with Gasteiger partial charge in [-0.3, -0.25) is 0 Å². The van der Waals surface area contributed by atoms with Crippen molar-refractivity contribution in [2.24, 2.45) is 0 Å². The fraction of sp³-hybridized carbons (Fsp3) is 0.0714. The van der Waals surface area contributed by atoms with E-state index in [1.807, 2.05) is 0 Å². The molecule has 0 saturated carbocycles. The molecule has 0 aliphatic rings. The maximum absolute atomic E-state index is 13.9. The average Bonchev–Trinajstić information content (AvgIpc) is 2.49. The van der Waals surface area contributed by atoms with Crippen molar-refractivity contribution in [2.75, 3.05) is 5.32 Å². The lowest BCUT2D eigenvalue weighted by molar-refractivity contribution is 0.251. The lowest BCUT2D eigenvalue weighted by Gasteiger charge is -2.12. The van der Waals surface area contributed by atoms with Gasteiger partial charge in [-0.1, -0.05) is 40.9 Å². The second-order valence-electron chi connectivity index (χ2n) is 4.35. The third-order valence-corrected chi connectivity index (χ3v) is 3.90. The molecule has 122 valence electrons. The van der Waals surface area contributed by atoms with Crippen molar-refractivity contribution in [3.63, 3.8) is 0 Å². The van der Waals surface area contributed by atoms with Crippen LogP contribution in [-0.4, -0.2) is 6.03 Å². The number of urea groups is 1. The lowest BCUT2D eigenvalue weighted by Crippen LogP contribution is -2.29. The zero-order valence-electron chi connectivity index (χ0n) is 11.2. The third-order valence-electron chi connectivity index (χ3n) is 2.84. The quantitative estimate of drug-likeness (QED) is 0.686. The molecule has 0 atom stereocenters. The molecule has 0 heterocycles. The number of rotatable bonds is 3. The number of halogens is 6. The van der Waals surface area contributed by atoms with E-state index in [4.69, 9.17) is 34.8 Å². The first-order valence-electron chi connectivity index (χ1n) is 6.12. The average molecular weight is 384 g/mol. The minimum Gasteiger partial charge on any atom is -0.334 e. The summed E-state index contributed by atoms with van der Waals surface area (Å²) < 4.78 is 40.7. The molecule has 2 rings (SSSR count). The number of hydrogen-bond donors (Lipinski definition) is 2. The van der Waals surface area contributed by atoms with Crippen LogP contribution >= 0.6 is 34.8 Å². The summed E-state index contributed by atoms with van der Waals surface area (Å²) in [7, 11) is 0. The van der Waals surface area contributed by atoms with E-state index in [1.165, 1.54) is 6.07 Å². The van der Waals surface area contributed by atoms with Gasteiger partial charge in [0.25, 0.3) is 0 Å². The zero-order valence-corrected chi connectivity index (χ0v) is 13.5. The first-order valence-corrected chi connectivity index (χ1v) is 7.25. The van der Waals surface area contributed by atoms with Gasteiger partial charge in [0.1, 0.15) is 17.3 Å². The van der Waals surface area contributed by atoms with Crippen LogP contribution in [0.2, 0.25) is 15.1 Å². The van der Waals surface area contributed by atoms with Crippen molar-refractivity contribution in [1.29, 1.82) is 0 Å². The highest BCUT2D eigenvalue weighted by molar-refractivity contribution is 6.45. The standard InChI is InChI=1S/C14H8Cl3F3N2O/c15-7-4-8(16)12(20)13(11(7)17)22-14(23)21-5-6-9(18)2-1-3-10(6)19/h1-4H,5H2,(H2,21,22,23). The Morgan fingerprint density at radius 1 is 1.04 bits per heavy atom. The molecule has 0 aliphatic carbocycles. The fourth-order valence-corrected chi connectivity index (χ4v) is 2.36. The number of nitrogens with one attached hydrogen (secondary N) is 2. The third kappa shape index (κ3) is 4.02. The van der Waals surface area contributed by atoms with Crippen LogP contribution < -0.4 is 10.6 Å². The largest absolute Gasteiger partial charge is 0.334 e. The predicted octanol–water partition coefficient (Wildman–Crippen LogP) is 5.39. The van der Waals surface area contributed by atoms with Crippen LogP contribution in [-0.2, 0) is 6.54 Å². The molecule has 9 heteroatoms. The second kappa shape index (κ2) is 7.29. The number of hydrogen-bond acceptors (Lipinski definition) is 1. The van der Waals surface area contributed by atoms with Crippen molar-refractivity contribution < 1.29 is 18.0 Å².